The molecule has 1 amide bonds. The molecule has 0 aliphatic carbocycles. The van der Waals surface area contributed by atoms with Crippen LogP contribution >= 0.6 is 13.5 Å². The number of aryl methyl sites for hydroxylation is 3. The van der Waals surface area contributed by atoms with E-state index in [1.54, 1.807) is 0 Å². The van der Waals surface area contributed by atoms with Gasteiger partial charge in [0.15, 0.2) is 0 Å². The van der Waals surface area contributed by atoms with Gasteiger partial charge in [0.1, 0.15) is 6.04 Å². The maximum Gasteiger partial charge on any atom is 0.247 e. The van der Waals surface area contributed by atoms with Crippen molar-refractivity contribution in [2.45, 2.75) is 46.2 Å². The lowest BCUT2D eigenvalue weighted by atomic mass is 9.97. The first-order valence-corrected chi connectivity index (χ1v) is 10.9. The lowest BCUT2D eigenvalue weighted by molar-refractivity contribution is -0.118. The third kappa shape index (κ3) is 5.04. The number of nitriles is 1. The number of nitrogens with one attached hydrogen (secondary N) is 1. The molecule has 0 unspecified atom stereocenters. The predicted octanol–water partition coefficient (Wildman–Crippen LogP) is 3.82. The van der Waals surface area contributed by atoms with Gasteiger partial charge in [0.25, 0.3) is 0 Å². The Balaban J connectivity index is 0.00000306. The van der Waals surface area contributed by atoms with E-state index < -0.39 is 0 Å². The number of likely N-dealkylation sites (N-methyl/N-ethyl adjacent to an activating group) is 1. The fourth-order valence-corrected chi connectivity index (χ4v) is 4.39. The number of amides is 1. The molecule has 3 aromatic rings. The SMILES string of the molecule is Cc1nc(CCc2cnn(Cc3ccccc3C#N)c2)cc2c1NC(=O)[C@H](C(C)C)N2C.S. The average molecular weight is 463 g/mol. The van der Waals surface area contributed by atoms with Crippen LogP contribution in [0.1, 0.15) is 41.9 Å². The van der Waals surface area contributed by atoms with Crippen LogP contribution in [0.15, 0.2) is 42.7 Å². The first kappa shape index (κ1) is 24.3. The Morgan fingerprint density at radius 2 is 2.00 bits per heavy atom. The van der Waals surface area contributed by atoms with Gasteiger partial charge in [-0.05, 0) is 48.9 Å². The molecule has 1 aliphatic heterocycles. The summed E-state index contributed by atoms with van der Waals surface area (Å²) in [7, 11) is 1.98. The van der Waals surface area contributed by atoms with Crippen molar-refractivity contribution in [2.75, 3.05) is 17.3 Å². The number of fused-ring (bicyclic) bond motifs is 1. The number of rotatable bonds is 6. The van der Waals surface area contributed by atoms with Gasteiger partial charge in [-0.2, -0.15) is 23.9 Å². The van der Waals surface area contributed by atoms with Crippen LogP contribution in [-0.4, -0.2) is 33.8 Å². The van der Waals surface area contributed by atoms with Crippen molar-refractivity contribution >= 4 is 30.8 Å². The van der Waals surface area contributed by atoms with Crippen LogP contribution < -0.4 is 10.2 Å². The molecule has 1 aliphatic rings. The van der Waals surface area contributed by atoms with E-state index in [0.29, 0.717) is 12.1 Å². The molecule has 3 heterocycles. The summed E-state index contributed by atoms with van der Waals surface area (Å²) in [5.74, 6) is 0.236. The van der Waals surface area contributed by atoms with Gasteiger partial charge in [-0.25, -0.2) is 0 Å². The molecule has 4 rings (SSSR count). The third-order valence-electron chi connectivity index (χ3n) is 6.00. The van der Waals surface area contributed by atoms with E-state index in [1.165, 1.54) is 0 Å². The quantitative estimate of drug-likeness (QED) is 0.602. The van der Waals surface area contributed by atoms with Crippen LogP contribution in [0.2, 0.25) is 0 Å². The molecule has 1 aromatic carbocycles. The van der Waals surface area contributed by atoms with Crippen LogP contribution in [-0.2, 0) is 24.2 Å². The second kappa shape index (κ2) is 10.1. The standard InChI is InChI=1S/C25H28N6O.H2S/c1-16(2)24-25(32)29-23-17(3)28-21(11-22(23)30(24)4)10-9-18-13-27-31(14-18)15-20-8-6-5-7-19(20)12-26;/h5-8,11,13-14,16,24H,9-10,15H2,1-4H3,(H,29,32);1H2/t24-;/m0./s1. The Kier molecular flexibility index (Phi) is 7.44. The minimum absolute atomic E-state index is 0. The van der Waals surface area contributed by atoms with Crippen LogP contribution in [0, 0.1) is 24.2 Å². The van der Waals surface area contributed by atoms with E-state index in [4.69, 9.17) is 4.98 Å². The third-order valence-corrected chi connectivity index (χ3v) is 6.00. The molecular weight excluding hydrogens is 432 g/mol. The Morgan fingerprint density at radius 3 is 2.73 bits per heavy atom. The van der Waals surface area contributed by atoms with E-state index in [0.717, 1.165) is 46.7 Å². The summed E-state index contributed by atoms with van der Waals surface area (Å²) >= 11 is 0. The number of anilines is 2. The van der Waals surface area contributed by atoms with Crippen LogP contribution in [0.3, 0.4) is 0 Å². The van der Waals surface area contributed by atoms with Crippen molar-refractivity contribution in [3.8, 4) is 6.07 Å². The molecule has 7 nitrogen and oxygen atoms in total. The number of hydrogen-bond donors (Lipinski definition) is 1. The number of hydrogen-bond acceptors (Lipinski definition) is 5. The van der Waals surface area contributed by atoms with Gasteiger partial charge in [0.05, 0.1) is 41.4 Å². The Labute approximate surface area is 201 Å². The topological polar surface area (TPSA) is 86.8 Å². The number of nitrogens with zero attached hydrogens (tertiary/aromatic N) is 5. The predicted molar refractivity (Wildman–Crippen MR) is 135 cm³/mol. The molecule has 2 aromatic heterocycles. The zero-order valence-electron chi connectivity index (χ0n) is 19.5. The van der Waals surface area contributed by atoms with Gasteiger partial charge in [-0.1, -0.05) is 32.0 Å². The van der Waals surface area contributed by atoms with Crippen LogP contribution in [0.4, 0.5) is 11.4 Å². The van der Waals surface area contributed by atoms with Gasteiger partial charge in [-0.3, -0.25) is 14.5 Å². The Bertz CT molecular complexity index is 1200. The molecule has 0 saturated heterocycles. The van der Waals surface area contributed by atoms with Gasteiger partial charge in [0.2, 0.25) is 5.91 Å². The fourth-order valence-electron chi connectivity index (χ4n) is 4.39. The summed E-state index contributed by atoms with van der Waals surface area (Å²) < 4.78 is 1.87. The monoisotopic (exact) mass is 462 g/mol. The molecule has 0 bridgehead atoms. The van der Waals surface area contributed by atoms with Crippen molar-refractivity contribution in [3.05, 3.63) is 70.8 Å². The molecule has 33 heavy (non-hydrogen) atoms. The smallest absolute Gasteiger partial charge is 0.247 e. The maximum absolute atomic E-state index is 12.5. The minimum atomic E-state index is -0.188. The van der Waals surface area contributed by atoms with Crippen molar-refractivity contribution in [1.29, 1.82) is 5.26 Å². The Morgan fingerprint density at radius 1 is 1.24 bits per heavy atom. The van der Waals surface area contributed by atoms with Crippen molar-refractivity contribution < 1.29 is 4.79 Å². The zero-order chi connectivity index (χ0) is 22.8. The highest BCUT2D eigenvalue weighted by molar-refractivity contribution is 7.59. The van der Waals surface area contributed by atoms with Crippen LogP contribution in [0.5, 0.6) is 0 Å². The first-order chi connectivity index (χ1) is 15.4. The second-order valence-corrected chi connectivity index (χ2v) is 8.70. The normalized spacial score (nSPS) is 15.0. The molecule has 1 N–H and O–H groups in total. The average Bonchev–Trinajstić information content (AvgIpc) is 3.20. The highest BCUT2D eigenvalue weighted by Crippen LogP contribution is 2.35. The molecule has 172 valence electrons. The molecule has 0 saturated carbocycles. The molecule has 0 fully saturated rings. The highest BCUT2D eigenvalue weighted by atomic mass is 32.1. The summed E-state index contributed by atoms with van der Waals surface area (Å²) in [4.78, 5) is 19.3. The van der Waals surface area contributed by atoms with Gasteiger partial charge >= 0.3 is 0 Å². The van der Waals surface area contributed by atoms with E-state index in [-0.39, 0.29) is 31.4 Å². The summed E-state index contributed by atoms with van der Waals surface area (Å²) in [6.07, 6.45) is 5.50. The molecule has 8 heteroatoms. The van der Waals surface area contributed by atoms with E-state index in [1.807, 2.05) is 55.3 Å². The minimum Gasteiger partial charge on any atom is -0.361 e. The van der Waals surface area contributed by atoms with E-state index in [9.17, 15) is 10.1 Å². The zero-order valence-corrected chi connectivity index (χ0v) is 20.5. The number of aromatic nitrogens is 3. The molecule has 1 atom stereocenters. The van der Waals surface area contributed by atoms with Gasteiger partial charge < -0.3 is 10.2 Å². The van der Waals surface area contributed by atoms with E-state index >= 15 is 0 Å². The van der Waals surface area contributed by atoms with Crippen molar-refractivity contribution in [3.63, 3.8) is 0 Å². The summed E-state index contributed by atoms with van der Waals surface area (Å²) in [6.45, 7) is 6.64. The first-order valence-electron chi connectivity index (χ1n) is 10.9. The van der Waals surface area contributed by atoms with Gasteiger partial charge in [-0.15, -0.1) is 0 Å². The summed E-state index contributed by atoms with van der Waals surface area (Å²) in [5, 5.41) is 16.8. The number of carbonyl (C=O) groups is 1. The van der Waals surface area contributed by atoms with E-state index in [2.05, 4.69) is 41.3 Å². The van der Waals surface area contributed by atoms with Crippen molar-refractivity contribution in [1.82, 2.24) is 14.8 Å². The summed E-state index contributed by atoms with van der Waals surface area (Å²) in [5.41, 5.74) is 6.42. The largest absolute Gasteiger partial charge is 0.361 e. The lowest BCUT2D eigenvalue weighted by Crippen LogP contribution is -2.49. The van der Waals surface area contributed by atoms with Crippen LogP contribution in [0.25, 0.3) is 0 Å². The molecule has 0 radical (unpaired) electrons. The number of pyridine rings is 1. The molecule has 0 spiro atoms. The highest BCUT2D eigenvalue weighted by Gasteiger charge is 2.34. The fraction of sp³-hybridized carbons (Fsp3) is 0.360. The Hall–Kier alpha value is -3.31. The van der Waals surface area contributed by atoms with Crippen molar-refractivity contribution in [2.24, 2.45) is 5.92 Å². The number of benzene rings is 1. The molecular formula is C25H30N6OS. The van der Waals surface area contributed by atoms with Gasteiger partial charge in [0, 0.05) is 18.9 Å². The second-order valence-electron chi connectivity index (χ2n) is 8.70. The maximum atomic E-state index is 12.5. The summed E-state index contributed by atoms with van der Waals surface area (Å²) in [6, 6.07) is 11.7. The number of carbonyl (C=O) groups excluding carboxylic acids is 1. The lowest BCUT2D eigenvalue weighted by Gasteiger charge is -2.38.